The second-order valence-corrected chi connectivity index (χ2v) is 5.58. The highest BCUT2D eigenvalue weighted by Crippen LogP contribution is 2.13. The van der Waals surface area contributed by atoms with Crippen LogP contribution in [0.2, 0.25) is 0 Å². The third-order valence-corrected chi connectivity index (χ3v) is 3.47. The van der Waals surface area contributed by atoms with Crippen LogP contribution in [0.3, 0.4) is 0 Å². The summed E-state index contributed by atoms with van der Waals surface area (Å²) in [7, 11) is 0. The molecule has 0 unspecified atom stereocenters. The van der Waals surface area contributed by atoms with Gasteiger partial charge in [-0.3, -0.25) is 4.79 Å². The minimum Gasteiger partial charge on any atom is -0.494 e. The van der Waals surface area contributed by atoms with E-state index >= 15 is 0 Å². The maximum absolute atomic E-state index is 11.9. The van der Waals surface area contributed by atoms with Gasteiger partial charge in [0.2, 0.25) is 5.91 Å². The zero-order valence-electron chi connectivity index (χ0n) is 11.9. The second kappa shape index (κ2) is 7.84. The summed E-state index contributed by atoms with van der Waals surface area (Å²) in [5.41, 5.74) is 2.05. The summed E-state index contributed by atoms with van der Waals surface area (Å²) < 4.78 is 6.37. The molecule has 0 atom stereocenters. The standard InChI is InChI=1S/C17H18BrNO2/c1-2-21-16-8-6-13(7-9-16)12-19-17(20)11-14-4-3-5-15(18)10-14/h3-10H,2,11-12H2,1H3,(H,19,20). The number of amides is 1. The number of nitrogens with one attached hydrogen (secondary N) is 1. The molecular formula is C17H18BrNO2. The molecule has 0 aliphatic rings. The normalized spacial score (nSPS) is 10.2. The maximum Gasteiger partial charge on any atom is 0.224 e. The summed E-state index contributed by atoms with van der Waals surface area (Å²) in [5.74, 6) is 0.865. The Morgan fingerprint density at radius 3 is 2.57 bits per heavy atom. The van der Waals surface area contributed by atoms with E-state index < -0.39 is 0 Å². The largest absolute Gasteiger partial charge is 0.494 e. The van der Waals surface area contributed by atoms with Gasteiger partial charge < -0.3 is 10.1 Å². The van der Waals surface area contributed by atoms with Crippen molar-refractivity contribution in [3.8, 4) is 5.75 Å². The van der Waals surface area contributed by atoms with Crippen LogP contribution in [-0.4, -0.2) is 12.5 Å². The van der Waals surface area contributed by atoms with Crippen molar-refractivity contribution in [3.63, 3.8) is 0 Å². The van der Waals surface area contributed by atoms with Crippen molar-refractivity contribution in [1.29, 1.82) is 0 Å². The molecule has 0 heterocycles. The highest BCUT2D eigenvalue weighted by atomic mass is 79.9. The summed E-state index contributed by atoms with van der Waals surface area (Å²) in [6.45, 7) is 3.14. The predicted octanol–water partition coefficient (Wildman–Crippen LogP) is 3.71. The van der Waals surface area contributed by atoms with Gasteiger partial charge in [0.05, 0.1) is 13.0 Å². The number of hydrogen-bond donors (Lipinski definition) is 1. The van der Waals surface area contributed by atoms with Crippen molar-refractivity contribution < 1.29 is 9.53 Å². The monoisotopic (exact) mass is 347 g/mol. The van der Waals surface area contributed by atoms with Crippen LogP contribution in [0, 0.1) is 0 Å². The summed E-state index contributed by atoms with van der Waals surface area (Å²) in [6, 6.07) is 15.5. The summed E-state index contributed by atoms with van der Waals surface area (Å²) in [6.07, 6.45) is 0.385. The van der Waals surface area contributed by atoms with E-state index in [0.717, 1.165) is 21.3 Å². The number of carbonyl (C=O) groups is 1. The van der Waals surface area contributed by atoms with E-state index in [-0.39, 0.29) is 5.91 Å². The fraction of sp³-hybridized carbons (Fsp3) is 0.235. The van der Waals surface area contributed by atoms with Crippen LogP contribution in [0.15, 0.2) is 53.0 Å². The first-order valence-corrected chi connectivity index (χ1v) is 7.69. The Labute approximate surface area is 133 Å². The van der Waals surface area contributed by atoms with Gasteiger partial charge in [-0.1, -0.05) is 40.2 Å². The van der Waals surface area contributed by atoms with Gasteiger partial charge in [0, 0.05) is 11.0 Å². The van der Waals surface area contributed by atoms with Crippen LogP contribution >= 0.6 is 15.9 Å². The quantitative estimate of drug-likeness (QED) is 0.864. The molecule has 0 radical (unpaired) electrons. The Bertz CT molecular complexity index is 596. The van der Waals surface area contributed by atoms with Gasteiger partial charge in [-0.2, -0.15) is 0 Å². The third-order valence-electron chi connectivity index (χ3n) is 2.98. The van der Waals surface area contributed by atoms with Gasteiger partial charge in [-0.15, -0.1) is 0 Å². The average Bonchev–Trinajstić information content (AvgIpc) is 2.47. The topological polar surface area (TPSA) is 38.3 Å². The minimum atomic E-state index is 0.0157. The predicted molar refractivity (Wildman–Crippen MR) is 87.3 cm³/mol. The van der Waals surface area contributed by atoms with Gasteiger partial charge >= 0.3 is 0 Å². The number of carbonyl (C=O) groups excluding carboxylic acids is 1. The fourth-order valence-corrected chi connectivity index (χ4v) is 2.41. The number of benzene rings is 2. The molecule has 3 nitrogen and oxygen atoms in total. The Hall–Kier alpha value is -1.81. The van der Waals surface area contributed by atoms with Crippen molar-refractivity contribution >= 4 is 21.8 Å². The van der Waals surface area contributed by atoms with E-state index in [0.29, 0.717) is 19.6 Å². The molecule has 110 valence electrons. The molecule has 0 aromatic heterocycles. The zero-order chi connectivity index (χ0) is 15.1. The van der Waals surface area contributed by atoms with Gasteiger partial charge in [0.25, 0.3) is 0 Å². The maximum atomic E-state index is 11.9. The van der Waals surface area contributed by atoms with Crippen molar-refractivity contribution in [2.45, 2.75) is 19.9 Å². The van der Waals surface area contributed by atoms with E-state index in [1.54, 1.807) is 0 Å². The number of rotatable bonds is 6. The van der Waals surface area contributed by atoms with E-state index in [9.17, 15) is 4.79 Å². The molecule has 2 aromatic carbocycles. The molecule has 0 fully saturated rings. The molecule has 4 heteroatoms. The molecular weight excluding hydrogens is 330 g/mol. The molecule has 2 rings (SSSR count). The molecule has 2 aromatic rings. The van der Waals surface area contributed by atoms with Crippen molar-refractivity contribution in [1.82, 2.24) is 5.32 Å². The smallest absolute Gasteiger partial charge is 0.224 e. The number of halogens is 1. The lowest BCUT2D eigenvalue weighted by Crippen LogP contribution is -2.24. The van der Waals surface area contributed by atoms with Crippen LogP contribution in [0.5, 0.6) is 5.75 Å². The molecule has 21 heavy (non-hydrogen) atoms. The Kier molecular flexibility index (Phi) is 5.81. The van der Waals surface area contributed by atoms with Crippen LogP contribution in [0.1, 0.15) is 18.1 Å². The Morgan fingerprint density at radius 1 is 1.14 bits per heavy atom. The number of hydrogen-bond acceptors (Lipinski definition) is 2. The molecule has 0 spiro atoms. The van der Waals surface area contributed by atoms with Crippen LogP contribution in [0.4, 0.5) is 0 Å². The fourth-order valence-electron chi connectivity index (χ4n) is 1.97. The summed E-state index contributed by atoms with van der Waals surface area (Å²) in [4.78, 5) is 11.9. The highest BCUT2D eigenvalue weighted by Gasteiger charge is 2.04. The third kappa shape index (κ3) is 5.23. The molecule has 0 saturated carbocycles. The number of ether oxygens (including phenoxy) is 1. The van der Waals surface area contributed by atoms with E-state index in [2.05, 4.69) is 21.2 Å². The van der Waals surface area contributed by atoms with Gasteiger partial charge in [0.15, 0.2) is 0 Å². The second-order valence-electron chi connectivity index (χ2n) is 4.66. The summed E-state index contributed by atoms with van der Waals surface area (Å²) in [5, 5.41) is 2.92. The van der Waals surface area contributed by atoms with Gasteiger partial charge in [0.1, 0.15) is 5.75 Å². The Balaban J connectivity index is 1.83. The molecule has 0 saturated heterocycles. The average molecular weight is 348 g/mol. The molecule has 1 N–H and O–H groups in total. The van der Waals surface area contributed by atoms with E-state index in [1.165, 1.54) is 0 Å². The van der Waals surface area contributed by atoms with Gasteiger partial charge in [-0.25, -0.2) is 0 Å². The zero-order valence-corrected chi connectivity index (χ0v) is 13.5. The van der Waals surface area contributed by atoms with Crippen molar-refractivity contribution in [2.24, 2.45) is 0 Å². The summed E-state index contributed by atoms with van der Waals surface area (Å²) >= 11 is 3.40. The molecule has 0 bridgehead atoms. The van der Waals surface area contributed by atoms with E-state index in [1.807, 2.05) is 55.5 Å². The minimum absolute atomic E-state index is 0.0157. The van der Waals surface area contributed by atoms with Crippen LogP contribution in [0.25, 0.3) is 0 Å². The first kappa shape index (κ1) is 15.6. The molecule has 0 aliphatic heterocycles. The van der Waals surface area contributed by atoms with E-state index in [4.69, 9.17) is 4.74 Å². The van der Waals surface area contributed by atoms with Crippen LogP contribution in [-0.2, 0) is 17.8 Å². The van der Waals surface area contributed by atoms with Crippen LogP contribution < -0.4 is 10.1 Å². The lowest BCUT2D eigenvalue weighted by Gasteiger charge is -2.07. The van der Waals surface area contributed by atoms with Crippen molar-refractivity contribution in [3.05, 3.63) is 64.1 Å². The Morgan fingerprint density at radius 2 is 1.90 bits per heavy atom. The first-order chi connectivity index (χ1) is 10.2. The first-order valence-electron chi connectivity index (χ1n) is 6.90. The molecule has 1 amide bonds. The SMILES string of the molecule is CCOc1ccc(CNC(=O)Cc2cccc(Br)c2)cc1. The van der Waals surface area contributed by atoms with Gasteiger partial charge in [-0.05, 0) is 42.3 Å². The lowest BCUT2D eigenvalue weighted by atomic mass is 10.1. The molecule has 0 aliphatic carbocycles. The highest BCUT2D eigenvalue weighted by molar-refractivity contribution is 9.10. The van der Waals surface area contributed by atoms with Crippen molar-refractivity contribution in [2.75, 3.05) is 6.61 Å². The lowest BCUT2D eigenvalue weighted by molar-refractivity contribution is -0.120.